The van der Waals surface area contributed by atoms with Gasteiger partial charge in [-0.25, -0.2) is 9.97 Å². The number of ether oxygens (including phenoxy) is 1. The highest BCUT2D eigenvalue weighted by molar-refractivity contribution is 5.89. The maximum Gasteiger partial charge on any atom is 0.307 e. The summed E-state index contributed by atoms with van der Waals surface area (Å²) in [5.74, 6) is 0.470. The standard InChI is InChI=1S/C13H19N5O2/c1-5-20-10(19)6-8(2)16-12-11-9(3)17-18(4)13(11)15-7-14-12/h7-8H,5-6H2,1-4H3,(H,14,15,16). The Kier molecular flexibility index (Phi) is 4.16. The number of nitrogens with one attached hydrogen (secondary N) is 1. The van der Waals surface area contributed by atoms with Crippen LogP contribution in [0.3, 0.4) is 0 Å². The second kappa shape index (κ2) is 5.85. The molecule has 0 aliphatic rings. The van der Waals surface area contributed by atoms with E-state index in [1.54, 1.807) is 11.6 Å². The molecule has 108 valence electrons. The zero-order valence-electron chi connectivity index (χ0n) is 12.2. The van der Waals surface area contributed by atoms with Crippen molar-refractivity contribution in [2.75, 3.05) is 11.9 Å². The van der Waals surface area contributed by atoms with E-state index in [4.69, 9.17) is 4.74 Å². The number of carbonyl (C=O) groups excluding carboxylic acids is 1. The van der Waals surface area contributed by atoms with Crippen LogP contribution < -0.4 is 5.32 Å². The minimum Gasteiger partial charge on any atom is -0.466 e. The van der Waals surface area contributed by atoms with Crippen LogP contribution in [-0.4, -0.2) is 38.4 Å². The molecule has 2 aromatic heterocycles. The van der Waals surface area contributed by atoms with Crippen molar-refractivity contribution < 1.29 is 9.53 Å². The summed E-state index contributed by atoms with van der Waals surface area (Å²) >= 11 is 0. The Morgan fingerprint density at radius 2 is 2.25 bits per heavy atom. The summed E-state index contributed by atoms with van der Waals surface area (Å²) in [7, 11) is 1.84. The predicted octanol–water partition coefficient (Wildman–Crippen LogP) is 1.43. The van der Waals surface area contributed by atoms with Crippen LogP contribution >= 0.6 is 0 Å². The van der Waals surface area contributed by atoms with Crippen molar-refractivity contribution in [3.05, 3.63) is 12.0 Å². The molecule has 7 nitrogen and oxygen atoms in total. The van der Waals surface area contributed by atoms with Gasteiger partial charge in [0.2, 0.25) is 0 Å². The highest BCUT2D eigenvalue weighted by atomic mass is 16.5. The van der Waals surface area contributed by atoms with Gasteiger partial charge in [0.15, 0.2) is 5.65 Å². The number of hydrogen-bond donors (Lipinski definition) is 1. The Hall–Kier alpha value is -2.18. The first kappa shape index (κ1) is 14.2. The SMILES string of the molecule is CCOC(=O)CC(C)Nc1ncnc2c1c(C)nn2C. The van der Waals surface area contributed by atoms with E-state index in [0.29, 0.717) is 18.8 Å². The first-order chi connectivity index (χ1) is 9.52. The van der Waals surface area contributed by atoms with E-state index >= 15 is 0 Å². The number of rotatable bonds is 5. The Morgan fingerprint density at radius 3 is 2.95 bits per heavy atom. The van der Waals surface area contributed by atoms with Gasteiger partial charge >= 0.3 is 5.97 Å². The fourth-order valence-corrected chi connectivity index (χ4v) is 2.14. The first-order valence-corrected chi connectivity index (χ1v) is 6.59. The van der Waals surface area contributed by atoms with Crippen LogP contribution in [0, 0.1) is 6.92 Å². The third kappa shape index (κ3) is 2.87. The average molecular weight is 277 g/mol. The minimum absolute atomic E-state index is 0.0771. The summed E-state index contributed by atoms with van der Waals surface area (Å²) < 4.78 is 6.65. The topological polar surface area (TPSA) is 81.9 Å². The molecule has 2 rings (SSSR count). The van der Waals surface area contributed by atoms with Crippen molar-refractivity contribution in [1.29, 1.82) is 0 Å². The largest absolute Gasteiger partial charge is 0.466 e. The molecule has 0 spiro atoms. The van der Waals surface area contributed by atoms with Gasteiger partial charge in [0.1, 0.15) is 12.1 Å². The predicted molar refractivity (Wildman–Crippen MR) is 75.4 cm³/mol. The summed E-state index contributed by atoms with van der Waals surface area (Å²) in [4.78, 5) is 19.9. The third-order valence-corrected chi connectivity index (χ3v) is 2.96. The smallest absolute Gasteiger partial charge is 0.307 e. The second-order valence-corrected chi connectivity index (χ2v) is 4.68. The highest BCUT2D eigenvalue weighted by Crippen LogP contribution is 2.22. The molecule has 0 saturated heterocycles. The van der Waals surface area contributed by atoms with Crippen molar-refractivity contribution in [2.45, 2.75) is 33.2 Å². The molecule has 7 heteroatoms. The molecule has 20 heavy (non-hydrogen) atoms. The van der Waals surface area contributed by atoms with Crippen molar-refractivity contribution >= 4 is 22.8 Å². The molecule has 2 heterocycles. The van der Waals surface area contributed by atoms with E-state index in [9.17, 15) is 4.79 Å². The lowest BCUT2D eigenvalue weighted by Crippen LogP contribution is -2.21. The number of aromatic nitrogens is 4. The number of fused-ring (bicyclic) bond motifs is 1. The zero-order chi connectivity index (χ0) is 14.7. The van der Waals surface area contributed by atoms with Gasteiger partial charge in [0.05, 0.1) is 24.1 Å². The van der Waals surface area contributed by atoms with Crippen molar-refractivity contribution in [3.63, 3.8) is 0 Å². The normalized spacial score (nSPS) is 12.4. The van der Waals surface area contributed by atoms with Gasteiger partial charge in [-0.15, -0.1) is 0 Å². The number of hydrogen-bond acceptors (Lipinski definition) is 6. The van der Waals surface area contributed by atoms with Gasteiger partial charge in [-0.1, -0.05) is 0 Å². The van der Waals surface area contributed by atoms with Crippen molar-refractivity contribution in [3.8, 4) is 0 Å². The van der Waals surface area contributed by atoms with E-state index in [-0.39, 0.29) is 12.0 Å². The monoisotopic (exact) mass is 277 g/mol. The molecule has 0 radical (unpaired) electrons. The maximum absolute atomic E-state index is 11.5. The Bertz CT molecular complexity index is 622. The van der Waals surface area contributed by atoms with Gasteiger partial charge in [-0.3, -0.25) is 9.48 Å². The lowest BCUT2D eigenvalue weighted by atomic mass is 10.2. The maximum atomic E-state index is 11.5. The summed E-state index contributed by atoms with van der Waals surface area (Å²) in [6.07, 6.45) is 1.78. The number of nitrogens with zero attached hydrogens (tertiary/aromatic N) is 4. The molecule has 1 atom stereocenters. The molecule has 1 unspecified atom stereocenters. The molecular weight excluding hydrogens is 258 g/mol. The van der Waals surface area contributed by atoms with Gasteiger partial charge < -0.3 is 10.1 Å². The molecule has 0 amide bonds. The lowest BCUT2D eigenvalue weighted by molar-refractivity contribution is -0.143. The van der Waals surface area contributed by atoms with Crippen molar-refractivity contribution in [2.24, 2.45) is 7.05 Å². The molecule has 0 fully saturated rings. The van der Waals surface area contributed by atoms with Crippen LogP contribution in [0.25, 0.3) is 11.0 Å². The van der Waals surface area contributed by atoms with Crippen LogP contribution in [0.4, 0.5) is 5.82 Å². The number of aryl methyl sites for hydroxylation is 2. The van der Waals surface area contributed by atoms with Crippen LogP contribution in [0.5, 0.6) is 0 Å². The Balaban J connectivity index is 2.19. The Morgan fingerprint density at radius 1 is 1.50 bits per heavy atom. The quantitative estimate of drug-likeness (QED) is 0.832. The molecule has 0 aliphatic heterocycles. The van der Waals surface area contributed by atoms with Gasteiger partial charge in [-0.05, 0) is 20.8 Å². The fraction of sp³-hybridized carbons (Fsp3) is 0.538. The molecule has 1 N–H and O–H groups in total. The number of carbonyl (C=O) groups is 1. The summed E-state index contributed by atoms with van der Waals surface area (Å²) in [5.41, 5.74) is 1.62. The third-order valence-electron chi connectivity index (χ3n) is 2.96. The summed E-state index contributed by atoms with van der Waals surface area (Å²) in [6, 6.07) is -0.0771. The highest BCUT2D eigenvalue weighted by Gasteiger charge is 2.15. The van der Waals surface area contributed by atoms with Crippen LogP contribution in [0.1, 0.15) is 26.0 Å². The average Bonchev–Trinajstić information content (AvgIpc) is 2.66. The van der Waals surface area contributed by atoms with Crippen LogP contribution in [0.15, 0.2) is 6.33 Å². The molecule has 0 aliphatic carbocycles. The Labute approximate surface area is 117 Å². The van der Waals surface area contributed by atoms with Crippen molar-refractivity contribution in [1.82, 2.24) is 19.7 Å². The van der Waals surface area contributed by atoms with E-state index in [1.807, 2.05) is 20.9 Å². The fourth-order valence-electron chi connectivity index (χ4n) is 2.14. The van der Waals surface area contributed by atoms with Crippen LogP contribution in [-0.2, 0) is 16.6 Å². The molecule has 2 aromatic rings. The molecular formula is C13H19N5O2. The number of anilines is 1. The first-order valence-electron chi connectivity index (χ1n) is 6.59. The minimum atomic E-state index is -0.222. The van der Waals surface area contributed by atoms with Gasteiger partial charge in [-0.2, -0.15) is 5.10 Å². The van der Waals surface area contributed by atoms with Crippen LogP contribution in [0.2, 0.25) is 0 Å². The van der Waals surface area contributed by atoms with Gasteiger partial charge in [0, 0.05) is 13.1 Å². The van der Waals surface area contributed by atoms with E-state index in [2.05, 4.69) is 20.4 Å². The molecule has 0 aromatic carbocycles. The lowest BCUT2D eigenvalue weighted by Gasteiger charge is -2.14. The number of esters is 1. The van der Waals surface area contributed by atoms with Gasteiger partial charge in [0.25, 0.3) is 0 Å². The summed E-state index contributed by atoms with van der Waals surface area (Å²) in [6.45, 7) is 6.01. The van der Waals surface area contributed by atoms with E-state index in [1.165, 1.54) is 6.33 Å². The molecule has 0 bridgehead atoms. The van der Waals surface area contributed by atoms with E-state index < -0.39 is 0 Å². The summed E-state index contributed by atoms with van der Waals surface area (Å²) in [5, 5.41) is 8.43. The molecule has 0 saturated carbocycles. The van der Waals surface area contributed by atoms with E-state index in [0.717, 1.165) is 16.7 Å². The second-order valence-electron chi connectivity index (χ2n) is 4.68. The zero-order valence-corrected chi connectivity index (χ0v) is 12.2.